The second kappa shape index (κ2) is 8.90. The third-order valence-electron chi connectivity index (χ3n) is 6.48. The lowest BCUT2D eigenvalue weighted by molar-refractivity contribution is -0.122. The Morgan fingerprint density at radius 2 is 1.73 bits per heavy atom. The van der Waals surface area contributed by atoms with E-state index in [0.717, 1.165) is 36.6 Å². The first-order valence-electron chi connectivity index (χ1n) is 11.1. The molecule has 2 aliphatic heterocycles. The molecule has 0 aliphatic carbocycles. The van der Waals surface area contributed by atoms with Gasteiger partial charge in [0.25, 0.3) is 0 Å². The van der Waals surface area contributed by atoms with Crippen molar-refractivity contribution in [1.29, 1.82) is 0 Å². The molecule has 2 amide bonds. The van der Waals surface area contributed by atoms with Gasteiger partial charge in [0.1, 0.15) is 0 Å². The van der Waals surface area contributed by atoms with Crippen molar-refractivity contribution in [3.63, 3.8) is 0 Å². The van der Waals surface area contributed by atoms with Crippen LogP contribution in [-0.4, -0.2) is 31.4 Å². The van der Waals surface area contributed by atoms with Crippen molar-refractivity contribution in [2.75, 3.05) is 34.8 Å². The van der Waals surface area contributed by atoms with Crippen molar-refractivity contribution in [1.82, 2.24) is 0 Å². The Morgan fingerprint density at radius 1 is 1.07 bits per heavy atom. The zero-order valence-corrected chi connectivity index (χ0v) is 17.9. The summed E-state index contributed by atoms with van der Waals surface area (Å²) in [6.45, 7) is 6.81. The van der Waals surface area contributed by atoms with E-state index in [-0.39, 0.29) is 24.2 Å². The first kappa shape index (κ1) is 20.5. The average molecular weight is 406 g/mol. The number of hydrogen-bond acceptors (Lipinski definition) is 3. The van der Waals surface area contributed by atoms with Gasteiger partial charge in [0.05, 0.1) is 17.3 Å². The lowest BCUT2D eigenvalue weighted by atomic mass is 9.96. The van der Waals surface area contributed by atoms with E-state index in [1.807, 2.05) is 36.4 Å². The van der Waals surface area contributed by atoms with Crippen LogP contribution in [0.4, 0.5) is 17.1 Å². The number of carbonyl (C=O) groups is 2. The maximum Gasteiger partial charge on any atom is 0.229 e. The van der Waals surface area contributed by atoms with Crippen LogP contribution in [0.3, 0.4) is 0 Å². The number of benzene rings is 2. The molecule has 2 aliphatic rings. The third-order valence-corrected chi connectivity index (χ3v) is 6.48. The van der Waals surface area contributed by atoms with Crippen LogP contribution >= 0.6 is 0 Å². The monoisotopic (exact) mass is 405 g/mol. The molecule has 1 N–H and O–H groups in total. The second-order valence-electron chi connectivity index (χ2n) is 8.47. The van der Waals surface area contributed by atoms with Gasteiger partial charge < -0.3 is 15.1 Å². The Labute approximate surface area is 179 Å². The molecular weight excluding hydrogens is 374 g/mol. The molecule has 0 bridgehead atoms. The Balaban J connectivity index is 1.50. The summed E-state index contributed by atoms with van der Waals surface area (Å²) in [5, 5.41) is 3.11. The van der Waals surface area contributed by atoms with Crippen molar-refractivity contribution in [2.24, 2.45) is 5.92 Å². The van der Waals surface area contributed by atoms with Gasteiger partial charge in [0, 0.05) is 31.7 Å². The Kier molecular flexibility index (Phi) is 6.07. The SMILES string of the molecule is CC[C@H](C)c1ccccc1N1C[C@@H](C(=O)Nc2ccccc2N2CCCC2)CC1=O. The highest BCUT2D eigenvalue weighted by molar-refractivity contribution is 6.04. The summed E-state index contributed by atoms with van der Waals surface area (Å²) in [6.07, 6.45) is 3.64. The molecule has 30 heavy (non-hydrogen) atoms. The standard InChI is InChI=1S/C25H31N3O2/c1-3-18(2)20-10-4-6-12-22(20)28-17-19(16-24(28)29)25(30)26-21-11-5-7-13-23(21)27-14-8-9-15-27/h4-7,10-13,18-19H,3,8-9,14-17H2,1-2H3,(H,26,30)/t18-,19-/m0/s1. The van der Waals surface area contributed by atoms with Crippen LogP contribution in [0.5, 0.6) is 0 Å². The van der Waals surface area contributed by atoms with Crippen molar-refractivity contribution in [3.8, 4) is 0 Å². The van der Waals surface area contributed by atoms with Crippen LogP contribution in [0.25, 0.3) is 0 Å². The third kappa shape index (κ3) is 4.07. The Hall–Kier alpha value is -2.82. The van der Waals surface area contributed by atoms with E-state index < -0.39 is 0 Å². The van der Waals surface area contributed by atoms with Crippen molar-refractivity contribution in [3.05, 3.63) is 54.1 Å². The molecule has 0 radical (unpaired) electrons. The topological polar surface area (TPSA) is 52.7 Å². The molecule has 0 saturated carbocycles. The molecule has 0 aromatic heterocycles. The minimum Gasteiger partial charge on any atom is -0.370 e. The molecule has 4 rings (SSSR count). The van der Waals surface area contributed by atoms with Gasteiger partial charge in [-0.25, -0.2) is 0 Å². The quantitative estimate of drug-likeness (QED) is 0.752. The molecule has 0 spiro atoms. The number of rotatable bonds is 6. The van der Waals surface area contributed by atoms with Gasteiger partial charge in [0.15, 0.2) is 0 Å². The summed E-state index contributed by atoms with van der Waals surface area (Å²) in [7, 11) is 0. The fourth-order valence-corrected chi connectivity index (χ4v) is 4.53. The number of hydrogen-bond donors (Lipinski definition) is 1. The lowest BCUT2D eigenvalue weighted by Gasteiger charge is -2.24. The van der Waals surface area contributed by atoms with Crippen molar-refractivity contribution >= 4 is 28.9 Å². The molecule has 158 valence electrons. The maximum absolute atomic E-state index is 13.1. The maximum atomic E-state index is 13.1. The number of nitrogens with zero attached hydrogens (tertiary/aromatic N) is 2. The molecule has 5 nitrogen and oxygen atoms in total. The van der Waals surface area contributed by atoms with Crippen molar-refractivity contribution in [2.45, 2.75) is 45.4 Å². The normalized spacial score (nSPS) is 19.9. The zero-order chi connectivity index (χ0) is 21.1. The van der Waals surface area contributed by atoms with E-state index in [9.17, 15) is 9.59 Å². The number of amides is 2. The molecule has 2 fully saturated rings. The molecule has 0 unspecified atom stereocenters. The minimum absolute atomic E-state index is 0.0266. The van der Waals surface area contributed by atoms with Crippen LogP contribution in [0.15, 0.2) is 48.5 Å². The highest BCUT2D eigenvalue weighted by Gasteiger charge is 2.36. The van der Waals surface area contributed by atoms with E-state index in [4.69, 9.17) is 0 Å². The van der Waals surface area contributed by atoms with Crippen molar-refractivity contribution < 1.29 is 9.59 Å². The van der Waals surface area contributed by atoms with E-state index in [2.05, 4.69) is 36.2 Å². The van der Waals surface area contributed by atoms with Gasteiger partial charge in [0.2, 0.25) is 11.8 Å². The van der Waals surface area contributed by atoms with Gasteiger partial charge in [-0.2, -0.15) is 0 Å². The van der Waals surface area contributed by atoms with Gasteiger partial charge in [-0.05, 0) is 48.9 Å². The fraction of sp³-hybridized carbons (Fsp3) is 0.440. The Morgan fingerprint density at radius 3 is 2.47 bits per heavy atom. The number of carbonyl (C=O) groups excluding carboxylic acids is 2. The lowest BCUT2D eigenvalue weighted by Crippen LogP contribution is -2.29. The van der Waals surface area contributed by atoms with E-state index in [1.165, 1.54) is 18.4 Å². The highest BCUT2D eigenvalue weighted by atomic mass is 16.2. The largest absolute Gasteiger partial charge is 0.370 e. The van der Waals surface area contributed by atoms with E-state index in [1.54, 1.807) is 4.90 Å². The predicted molar refractivity (Wildman–Crippen MR) is 122 cm³/mol. The van der Waals surface area contributed by atoms with Gasteiger partial charge >= 0.3 is 0 Å². The van der Waals surface area contributed by atoms with E-state index in [0.29, 0.717) is 12.5 Å². The summed E-state index contributed by atoms with van der Waals surface area (Å²) < 4.78 is 0. The summed E-state index contributed by atoms with van der Waals surface area (Å²) in [5.74, 6) is -0.0133. The first-order chi connectivity index (χ1) is 14.6. The molecule has 5 heteroatoms. The van der Waals surface area contributed by atoms with Crippen LogP contribution in [0.1, 0.15) is 51.0 Å². The number of nitrogens with one attached hydrogen (secondary N) is 1. The van der Waals surface area contributed by atoms with Crippen LogP contribution in [-0.2, 0) is 9.59 Å². The van der Waals surface area contributed by atoms with Crippen LogP contribution in [0.2, 0.25) is 0 Å². The molecule has 2 aromatic carbocycles. The summed E-state index contributed by atoms with van der Waals surface area (Å²) in [4.78, 5) is 30.0. The van der Waals surface area contributed by atoms with Crippen LogP contribution in [0, 0.1) is 5.92 Å². The number of anilines is 3. The van der Waals surface area contributed by atoms with Gasteiger partial charge in [-0.15, -0.1) is 0 Å². The molecule has 2 aromatic rings. The summed E-state index contributed by atoms with van der Waals surface area (Å²) in [6, 6.07) is 16.1. The van der Waals surface area contributed by atoms with Gasteiger partial charge in [-0.1, -0.05) is 44.2 Å². The average Bonchev–Trinajstić information content (AvgIpc) is 3.43. The van der Waals surface area contributed by atoms with Crippen LogP contribution < -0.4 is 15.1 Å². The Bertz CT molecular complexity index is 920. The molecular formula is C25H31N3O2. The molecule has 2 saturated heterocycles. The molecule has 2 atom stereocenters. The summed E-state index contributed by atoms with van der Waals surface area (Å²) in [5.41, 5.74) is 4.04. The second-order valence-corrected chi connectivity index (χ2v) is 8.47. The fourth-order valence-electron chi connectivity index (χ4n) is 4.53. The zero-order valence-electron chi connectivity index (χ0n) is 17.9. The molecule has 2 heterocycles. The minimum atomic E-state index is -0.339. The predicted octanol–water partition coefficient (Wildman–Crippen LogP) is 4.79. The highest BCUT2D eigenvalue weighted by Crippen LogP contribution is 2.34. The first-order valence-corrected chi connectivity index (χ1v) is 11.1. The van der Waals surface area contributed by atoms with E-state index >= 15 is 0 Å². The van der Waals surface area contributed by atoms with Gasteiger partial charge in [-0.3, -0.25) is 9.59 Å². The smallest absolute Gasteiger partial charge is 0.229 e. The number of para-hydroxylation sites is 3. The summed E-state index contributed by atoms with van der Waals surface area (Å²) >= 11 is 0.